The maximum absolute atomic E-state index is 6.44. The monoisotopic (exact) mass is 311 g/mol. The molecule has 102 valence electrons. The van der Waals surface area contributed by atoms with E-state index in [1.54, 1.807) is 0 Å². The minimum atomic E-state index is 0.793. The highest BCUT2D eigenvalue weighted by atomic mass is 35.5. The molecule has 2 heterocycles. The average molecular weight is 312 g/mol. The van der Waals surface area contributed by atoms with Crippen molar-refractivity contribution in [3.63, 3.8) is 0 Å². The van der Waals surface area contributed by atoms with Crippen molar-refractivity contribution in [3.05, 3.63) is 34.2 Å². The van der Waals surface area contributed by atoms with Gasteiger partial charge in [0.05, 0.1) is 5.02 Å². The zero-order valence-electron chi connectivity index (χ0n) is 10.8. The van der Waals surface area contributed by atoms with Gasteiger partial charge in [-0.3, -0.25) is 0 Å². The molecule has 1 fully saturated rings. The molecule has 1 nitrogen and oxygen atoms in total. The minimum absolute atomic E-state index is 0.793. The lowest BCUT2D eigenvalue weighted by molar-refractivity contribution is 0.600. The molecule has 1 saturated heterocycles. The number of rotatable bonds is 4. The molecule has 1 unspecified atom stereocenters. The van der Waals surface area contributed by atoms with Crippen LogP contribution in [0.4, 0.5) is 0 Å². The number of thioether (sulfide) groups is 1. The van der Waals surface area contributed by atoms with Gasteiger partial charge in [-0.15, -0.1) is 11.3 Å². The zero-order valence-corrected chi connectivity index (χ0v) is 13.2. The van der Waals surface area contributed by atoms with Crippen molar-refractivity contribution in [1.82, 2.24) is 5.32 Å². The average Bonchev–Trinajstić information content (AvgIpc) is 2.78. The maximum atomic E-state index is 6.44. The summed E-state index contributed by atoms with van der Waals surface area (Å²) in [5.74, 6) is 1.33. The fourth-order valence-electron chi connectivity index (χ4n) is 2.49. The molecule has 1 N–H and O–H groups in total. The number of halogens is 1. The van der Waals surface area contributed by atoms with Crippen molar-refractivity contribution in [3.8, 4) is 0 Å². The Balaban J connectivity index is 1.60. The molecule has 0 aliphatic carbocycles. The Kier molecular flexibility index (Phi) is 4.69. The summed E-state index contributed by atoms with van der Waals surface area (Å²) < 4.78 is 1.29. The third-order valence-corrected chi connectivity index (χ3v) is 6.65. The summed E-state index contributed by atoms with van der Waals surface area (Å²) in [5.41, 5.74) is 0. The van der Waals surface area contributed by atoms with Crippen LogP contribution in [0.5, 0.6) is 0 Å². The SMILES string of the molecule is Clc1c(CNCC2CCCCS2)sc2ccccc12. The molecule has 1 aliphatic heterocycles. The summed E-state index contributed by atoms with van der Waals surface area (Å²) in [5, 5.41) is 6.50. The Bertz CT molecular complexity index is 546. The van der Waals surface area contributed by atoms with Gasteiger partial charge in [-0.25, -0.2) is 0 Å². The van der Waals surface area contributed by atoms with E-state index in [9.17, 15) is 0 Å². The summed E-state index contributed by atoms with van der Waals surface area (Å²) in [6.45, 7) is 2.00. The highest BCUT2D eigenvalue weighted by Crippen LogP contribution is 2.35. The standard InChI is InChI=1S/C15H18ClNS2/c16-15-12-6-1-2-7-13(12)19-14(15)10-17-9-11-5-3-4-8-18-11/h1-2,6-7,11,17H,3-5,8-10H2. The lowest BCUT2D eigenvalue weighted by Gasteiger charge is -2.21. The van der Waals surface area contributed by atoms with E-state index in [2.05, 4.69) is 41.3 Å². The van der Waals surface area contributed by atoms with Crippen LogP contribution in [0.3, 0.4) is 0 Å². The van der Waals surface area contributed by atoms with Gasteiger partial charge in [0.15, 0.2) is 0 Å². The summed E-state index contributed by atoms with van der Waals surface area (Å²) in [7, 11) is 0. The molecule has 0 spiro atoms. The molecule has 0 radical (unpaired) electrons. The summed E-state index contributed by atoms with van der Waals surface area (Å²) in [6.07, 6.45) is 4.14. The Hall–Kier alpha value is -0.220. The molecule has 3 rings (SSSR count). The predicted octanol–water partition coefficient (Wildman–Crippen LogP) is 4.93. The fourth-order valence-corrected chi connectivity index (χ4v) is 5.24. The van der Waals surface area contributed by atoms with Gasteiger partial charge < -0.3 is 5.32 Å². The van der Waals surface area contributed by atoms with Crippen LogP contribution in [0.1, 0.15) is 24.1 Å². The molecule has 1 aliphatic rings. The highest BCUT2D eigenvalue weighted by molar-refractivity contribution is 7.99. The molecule has 0 saturated carbocycles. The van der Waals surface area contributed by atoms with Crippen LogP contribution in [0, 0.1) is 0 Å². The molecular formula is C15H18ClNS2. The van der Waals surface area contributed by atoms with Gasteiger partial charge in [-0.05, 0) is 24.7 Å². The normalized spacial score (nSPS) is 19.9. The van der Waals surface area contributed by atoms with Gasteiger partial charge in [0.1, 0.15) is 0 Å². The first-order chi connectivity index (χ1) is 9.34. The van der Waals surface area contributed by atoms with Crippen molar-refractivity contribution in [2.75, 3.05) is 12.3 Å². The van der Waals surface area contributed by atoms with Gasteiger partial charge in [0.25, 0.3) is 0 Å². The number of fused-ring (bicyclic) bond motifs is 1. The van der Waals surface area contributed by atoms with Gasteiger partial charge in [0.2, 0.25) is 0 Å². The summed E-state index contributed by atoms with van der Waals surface area (Å²) in [6, 6.07) is 8.38. The largest absolute Gasteiger partial charge is 0.311 e. The molecular weight excluding hydrogens is 294 g/mol. The van der Waals surface area contributed by atoms with Crippen molar-refractivity contribution >= 4 is 44.8 Å². The third kappa shape index (κ3) is 3.27. The minimum Gasteiger partial charge on any atom is -0.311 e. The predicted molar refractivity (Wildman–Crippen MR) is 88.6 cm³/mol. The quantitative estimate of drug-likeness (QED) is 0.859. The molecule has 2 aromatic rings. The van der Waals surface area contributed by atoms with Crippen LogP contribution in [-0.4, -0.2) is 17.5 Å². The fraction of sp³-hybridized carbons (Fsp3) is 0.467. The van der Waals surface area contributed by atoms with E-state index >= 15 is 0 Å². The zero-order chi connectivity index (χ0) is 13.1. The Morgan fingerprint density at radius 1 is 1.26 bits per heavy atom. The molecule has 0 bridgehead atoms. The lowest BCUT2D eigenvalue weighted by atomic mass is 10.2. The first-order valence-corrected chi connectivity index (χ1v) is 9.07. The van der Waals surface area contributed by atoms with Crippen molar-refractivity contribution < 1.29 is 0 Å². The van der Waals surface area contributed by atoms with Gasteiger partial charge >= 0.3 is 0 Å². The van der Waals surface area contributed by atoms with Crippen LogP contribution < -0.4 is 5.32 Å². The number of thiophene rings is 1. The van der Waals surface area contributed by atoms with Crippen LogP contribution >= 0.6 is 34.7 Å². The Labute approximate surface area is 127 Å². The van der Waals surface area contributed by atoms with E-state index < -0.39 is 0 Å². The Morgan fingerprint density at radius 2 is 2.16 bits per heavy atom. The van der Waals surface area contributed by atoms with E-state index in [-0.39, 0.29) is 0 Å². The van der Waals surface area contributed by atoms with Gasteiger partial charge in [-0.2, -0.15) is 11.8 Å². The van der Waals surface area contributed by atoms with E-state index in [0.717, 1.165) is 23.4 Å². The molecule has 1 aromatic heterocycles. The van der Waals surface area contributed by atoms with Crippen LogP contribution in [-0.2, 0) is 6.54 Å². The van der Waals surface area contributed by atoms with E-state index in [0.29, 0.717) is 0 Å². The highest BCUT2D eigenvalue weighted by Gasteiger charge is 2.14. The van der Waals surface area contributed by atoms with Crippen LogP contribution in [0.15, 0.2) is 24.3 Å². The molecule has 4 heteroatoms. The second-order valence-electron chi connectivity index (χ2n) is 4.95. The number of hydrogen-bond donors (Lipinski definition) is 1. The Morgan fingerprint density at radius 3 is 2.95 bits per heavy atom. The molecule has 19 heavy (non-hydrogen) atoms. The first kappa shape index (κ1) is 13.7. The number of benzene rings is 1. The van der Waals surface area contributed by atoms with Gasteiger partial charge in [-0.1, -0.05) is 36.2 Å². The van der Waals surface area contributed by atoms with Crippen molar-refractivity contribution in [1.29, 1.82) is 0 Å². The number of hydrogen-bond acceptors (Lipinski definition) is 3. The second kappa shape index (κ2) is 6.49. The summed E-state index contributed by atoms with van der Waals surface area (Å²) in [4.78, 5) is 1.27. The van der Waals surface area contributed by atoms with E-state index in [1.807, 2.05) is 11.3 Å². The van der Waals surface area contributed by atoms with E-state index in [4.69, 9.17) is 11.6 Å². The van der Waals surface area contributed by atoms with Crippen LogP contribution in [0.25, 0.3) is 10.1 Å². The lowest BCUT2D eigenvalue weighted by Crippen LogP contribution is -2.26. The van der Waals surface area contributed by atoms with E-state index in [1.165, 1.54) is 40.0 Å². The molecule has 0 amide bonds. The first-order valence-electron chi connectivity index (χ1n) is 6.83. The van der Waals surface area contributed by atoms with Crippen LogP contribution in [0.2, 0.25) is 5.02 Å². The summed E-state index contributed by atoms with van der Waals surface area (Å²) >= 11 is 10.4. The van der Waals surface area contributed by atoms with Crippen molar-refractivity contribution in [2.24, 2.45) is 0 Å². The molecule has 1 aromatic carbocycles. The maximum Gasteiger partial charge on any atom is 0.0636 e. The smallest absolute Gasteiger partial charge is 0.0636 e. The van der Waals surface area contributed by atoms with Crippen molar-refractivity contribution in [2.45, 2.75) is 31.1 Å². The van der Waals surface area contributed by atoms with Gasteiger partial charge in [0, 0.05) is 33.3 Å². The topological polar surface area (TPSA) is 12.0 Å². The third-order valence-electron chi connectivity index (χ3n) is 3.53. The molecule has 1 atom stereocenters. The number of nitrogens with one attached hydrogen (secondary N) is 1. The second-order valence-corrected chi connectivity index (χ2v) is 7.88.